The second-order valence-corrected chi connectivity index (χ2v) is 5.29. The molecule has 1 fully saturated rings. The number of nitrogens with one attached hydrogen (secondary N) is 1. The monoisotopic (exact) mass is 246 g/mol. The van der Waals surface area contributed by atoms with E-state index in [9.17, 15) is 9.90 Å². The van der Waals surface area contributed by atoms with E-state index in [-0.39, 0.29) is 6.04 Å². The fraction of sp³-hybridized carbons (Fsp3) is 0.500. The first-order valence-electron chi connectivity index (χ1n) is 6.54. The highest BCUT2D eigenvalue weighted by molar-refractivity contribution is 5.88. The molecule has 3 rings (SSSR count). The molecule has 2 aliphatic rings. The molecule has 0 saturated heterocycles. The summed E-state index contributed by atoms with van der Waals surface area (Å²) < 4.78 is 0. The lowest BCUT2D eigenvalue weighted by Gasteiger charge is -2.38. The Bertz CT molecular complexity index is 471. The molecule has 1 aliphatic carbocycles. The summed E-state index contributed by atoms with van der Waals surface area (Å²) in [5, 5.41) is 13.0. The van der Waals surface area contributed by atoms with E-state index < -0.39 is 6.09 Å². The number of para-hydroxylation sites is 1. The fourth-order valence-corrected chi connectivity index (χ4v) is 2.80. The second-order valence-electron chi connectivity index (χ2n) is 5.29. The topological polar surface area (TPSA) is 52.6 Å². The van der Waals surface area contributed by atoms with Crippen molar-refractivity contribution in [3.63, 3.8) is 0 Å². The van der Waals surface area contributed by atoms with Gasteiger partial charge in [-0.15, -0.1) is 0 Å². The van der Waals surface area contributed by atoms with Gasteiger partial charge in [-0.05, 0) is 37.8 Å². The van der Waals surface area contributed by atoms with Crippen LogP contribution in [0.3, 0.4) is 0 Å². The number of carboxylic acid groups (broad SMARTS) is 1. The lowest BCUT2D eigenvalue weighted by Crippen LogP contribution is -2.45. The summed E-state index contributed by atoms with van der Waals surface area (Å²) in [6, 6.07) is 8.77. The van der Waals surface area contributed by atoms with Gasteiger partial charge in [0.05, 0.1) is 5.69 Å². The van der Waals surface area contributed by atoms with Crippen LogP contribution in [0, 0.1) is 0 Å². The van der Waals surface area contributed by atoms with Gasteiger partial charge in [0.15, 0.2) is 0 Å². The molecule has 2 atom stereocenters. The Kier molecular flexibility index (Phi) is 2.74. The molecule has 0 aromatic heterocycles. The molecule has 1 aromatic rings. The molecule has 0 radical (unpaired) electrons. The Hall–Kier alpha value is -1.55. The maximum absolute atomic E-state index is 11.4. The van der Waals surface area contributed by atoms with Crippen LogP contribution in [0.25, 0.3) is 0 Å². The van der Waals surface area contributed by atoms with Crippen molar-refractivity contribution in [2.24, 2.45) is 0 Å². The van der Waals surface area contributed by atoms with E-state index in [1.54, 1.807) is 0 Å². The number of nitrogens with zero attached hydrogens (tertiary/aromatic N) is 1. The molecular weight excluding hydrogens is 228 g/mol. The number of amides is 1. The molecule has 1 heterocycles. The van der Waals surface area contributed by atoms with Crippen molar-refractivity contribution in [1.29, 1.82) is 0 Å². The summed E-state index contributed by atoms with van der Waals surface area (Å²) in [4.78, 5) is 12.9. The van der Waals surface area contributed by atoms with Crippen molar-refractivity contribution in [2.45, 2.75) is 44.3 Å². The summed E-state index contributed by atoms with van der Waals surface area (Å²) in [5.41, 5.74) is 1.95. The average molecular weight is 246 g/mol. The number of carbonyl (C=O) groups is 1. The van der Waals surface area contributed by atoms with Gasteiger partial charge < -0.3 is 10.4 Å². The van der Waals surface area contributed by atoms with Crippen LogP contribution >= 0.6 is 0 Å². The highest BCUT2D eigenvalue weighted by atomic mass is 16.4. The quantitative estimate of drug-likeness (QED) is 0.843. The van der Waals surface area contributed by atoms with Crippen LogP contribution in [0.5, 0.6) is 0 Å². The maximum Gasteiger partial charge on any atom is 0.412 e. The normalized spacial score (nSPS) is 26.8. The molecule has 1 saturated carbocycles. The lowest BCUT2D eigenvalue weighted by molar-refractivity contribution is 0.197. The van der Waals surface area contributed by atoms with Gasteiger partial charge in [0.2, 0.25) is 0 Å². The van der Waals surface area contributed by atoms with Crippen LogP contribution in [0.1, 0.15) is 37.8 Å². The molecule has 4 heteroatoms. The minimum absolute atomic E-state index is 0.0219. The number of rotatable bonds is 2. The average Bonchev–Trinajstić information content (AvgIpc) is 3.12. The van der Waals surface area contributed by atoms with Crippen molar-refractivity contribution in [2.75, 3.05) is 4.90 Å². The first-order valence-corrected chi connectivity index (χ1v) is 6.54. The molecule has 1 amide bonds. The summed E-state index contributed by atoms with van der Waals surface area (Å²) >= 11 is 0. The van der Waals surface area contributed by atoms with E-state index in [2.05, 4.69) is 5.32 Å². The standard InChI is InChI=1S/C14H18N2O2/c1-9-8-12(15-10-6-7-10)11-4-2-3-5-13(11)16(9)14(17)18/h2-5,9-10,12,15H,6-8H2,1H3,(H,17,18). The number of anilines is 1. The van der Waals surface area contributed by atoms with Crippen molar-refractivity contribution >= 4 is 11.8 Å². The molecule has 0 bridgehead atoms. The van der Waals surface area contributed by atoms with E-state index in [4.69, 9.17) is 0 Å². The Morgan fingerprint density at radius 3 is 2.78 bits per heavy atom. The van der Waals surface area contributed by atoms with Crippen LogP contribution in [0.4, 0.5) is 10.5 Å². The Morgan fingerprint density at radius 2 is 2.11 bits per heavy atom. The largest absolute Gasteiger partial charge is 0.465 e. The number of benzene rings is 1. The molecule has 2 unspecified atom stereocenters. The first kappa shape index (κ1) is 11.5. The third kappa shape index (κ3) is 1.97. The predicted octanol–water partition coefficient (Wildman–Crippen LogP) is 2.76. The number of hydrogen-bond donors (Lipinski definition) is 2. The van der Waals surface area contributed by atoms with Crippen LogP contribution in [-0.4, -0.2) is 23.3 Å². The lowest BCUT2D eigenvalue weighted by atomic mass is 9.92. The molecule has 1 aromatic carbocycles. The van der Waals surface area contributed by atoms with Gasteiger partial charge in [-0.25, -0.2) is 4.79 Å². The highest BCUT2D eigenvalue weighted by Gasteiger charge is 2.35. The van der Waals surface area contributed by atoms with E-state index in [0.29, 0.717) is 12.1 Å². The number of fused-ring (bicyclic) bond motifs is 1. The zero-order valence-electron chi connectivity index (χ0n) is 10.5. The van der Waals surface area contributed by atoms with Gasteiger partial charge in [0, 0.05) is 18.1 Å². The van der Waals surface area contributed by atoms with Crippen LogP contribution < -0.4 is 10.2 Å². The molecule has 2 N–H and O–H groups in total. The van der Waals surface area contributed by atoms with Crippen molar-refractivity contribution in [1.82, 2.24) is 5.32 Å². The Balaban J connectivity index is 1.96. The molecule has 96 valence electrons. The van der Waals surface area contributed by atoms with Crippen LogP contribution in [0.2, 0.25) is 0 Å². The summed E-state index contributed by atoms with van der Waals surface area (Å²) in [7, 11) is 0. The minimum atomic E-state index is -0.861. The third-order valence-electron chi connectivity index (χ3n) is 3.81. The Morgan fingerprint density at radius 1 is 1.39 bits per heavy atom. The van der Waals surface area contributed by atoms with Gasteiger partial charge in [-0.2, -0.15) is 0 Å². The van der Waals surface area contributed by atoms with Crippen LogP contribution in [-0.2, 0) is 0 Å². The Labute approximate surface area is 107 Å². The first-order chi connectivity index (χ1) is 8.66. The molecule has 18 heavy (non-hydrogen) atoms. The smallest absolute Gasteiger partial charge is 0.412 e. The van der Waals surface area contributed by atoms with Crippen molar-refractivity contribution in [3.05, 3.63) is 29.8 Å². The third-order valence-corrected chi connectivity index (χ3v) is 3.81. The zero-order chi connectivity index (χ0) is 12.7. The van der Waals surface area contributed by atoms with Crippen molar-refractivity contribution in [3.8, 4) is 0 Å². The van der Waals surface area contributed by atoms with E-state index >= 15 is 0 Å². The van der Waals surface area contributed by atoms with Gasteiger partial charge in [0.1, 0.15) is 0 Å². The van der Waals surface area contributed by atoms with Crippen LogP contribution in [0.15, 0.2) is 24.3 Å². The summed E-state index contributed by atoms with van der Waals surface area (Å²) in [6.07, 6.45) is 2.48. The van der Waals surface area contributed by atoms with Gasteiger partial charge in [-0.3, -0.25) is 4.90 Å². The van der Waals surface area contributed by atoms with Gasteiger partial charge in [-0.1, -0.05) is 18.2 Å². The fourth-order valence-electron chi connectivity index (χ4n) is 2.80. The molecule has 1 aliphatic heterocycles. The maximum atomic E-state index is 11.4. The van der Waals surface area contributed by atoms with Gasteiger partial charge >= 0.3 is 6.09 Å². The zero-order valence-corrected chi connectivity index (χ0v) is 10.5. The second kappa shape index (κ2) is 4.28. The van der Waals surface area contributed by atoms with E-state index in [1.165, 1.54) is 17.7 Å². The highest BCUT2D eigenvalue weighted by Crippen LogP contribution is 2.38. The van der Waals surface area contributed by atoms with Crippen molar-refractivity contribution < 1.29 is 9.90 Å². The molecule has 0 spiro atoms. The summed E-state index contributed by atoms with van der Waals surface area (Å²) in [5.74, 6) is 0. The number of hydrogen-bond acceptors (Lipinski definition) is 2. The minimum Gasteiger partial charge on any atom is -0.465 e. The molecule has 4 nitrogen and oxygen atoms in total. The molecular formula is C14H18N2O2. The van der Waals surface area contributed by atoms with Gasteiger partial charge in [0.25, 0.3) is 0 Å². The summed E-state index contributed by atoms with van der Waals surface area (Å²) in [6.45, 7) is 1.98. The predicted molar refractivity (Wildman–Crippen MR) is 69.9 cm³/mol. The SMILES string of the molecule is CC1CC(NC2CC2)c2ccccc2N1C(=O)O. The van der Waals surface area contributed by atoms with E-state index in [0.717, 1.165) is 17.7 Å². The van der Waals surface area contributed by atoms with E-state index in [1.807, 2.05) is 31.2 Å².